The van der Waals surface area contributed by atoms with Gasteiger partial charge in [-0.1, -0.05) is 89.7 Å². The Kier molecular flexibility index (Phi) is 9.76. The highest BCUT2D eigenvalue weighted by molar-refractivity contribution is 4.95. The van der Waals surface area contributed by atoms with Gasteiger partial charge in [0.15, 0.2) is 0 Å². The van der Waals surface area contributed by atoms with Crippen LogP contribution < -0.4 is 0 Å². The van der Waals surface area contributed by atoms with Crippen molar-refractivity contribution in [3.63, 3.8) is 0 Å². The number of ether oxygens (including phenoxy) is 1. The zero-order valence-electron chi connectivity index (χ0n) is 18.2. The second kappa shape index (κ2) is 12.3. The van der Waals surface area contributed by atoms with Gasteiger partial charge in [0.05, 0.1) is 6.10 Å². The van der Waals surface area contributed by atoms with Gasteiger partial charge in [-0.3, -0.25) is 0 Å². The van der Waals surface area contributed by atoms with E-state index in [1.165, 1.54) is 109 Å². The van der Waals surface area contributed by atoms with Crippen LogP contribution >= 0.6 is 0 Å². The average molecular weight is 375 g/mol. The molecule has 0 aromatic carbocycles. The van der Waals surface area contributed by atoms with Gasteiger partial charge in [-0.05, 0) is 62.2 Å². The average Bonchev–Trinajstić information content (AvgIpc) is 3.04. The molecule has 0 N–H and O–H groups in total. The zero-order chi connectivity index (χ0) is 18.7. The van der Waals surface area contributed by atoms with Crippen molar-refractivity contribution in [1.82, 2.24) is 0 Å². The molecule has 1 heterocycles. The minimum absolute atomic E-state index is 0.630. The van der Waals surface area contributed by atoms with Gasteiger partial charge in [-0.15, -0.1) is 0 Å². The van der Waals surface area contributed by atoms with E-state index in [2.05, 4.69) is 19.1 Å². The molecule has 1 aliphatic heterocycles. The molecule has 1 heteroatoms. The molecular formula is C26H46O. The van der Waals surface area contributed by atoms with Gasteiger partial charge in [-0.25, -0.2) is 0 Å². The Morgan fingerprint density at radius 2 is 1.30 bits per heavy atom. The van der Waals surface area contributed by atoms with Crippen LogP contribution in [0, 0.1) is 23.7 Å². The lowest BCUT2D eigenvalue weighted by Gasteiger charge is -2.28. The van der Waals surface area contributed by atoms with Crippen molar-refractivity contribution in [3.8, 4) is 0 Å². The minimum Gasteiger partial charge on any atom is -0.378 e. The van der Waals surface area contributed by atoms with Crippen LogP contribution in [0.25, 0.3) is 0 Å². The van der Waals surface area contributed by atoms with E-state index in [0.29, 0.717) is 6.10 Å². The highest BCUT2D eigenvalue weighted by atomic mass is 16.5. The fourth-order valence-corrected chi connectivity index (χ4v) is 6.12. The summed E-state index contributed by atoms with van der Waals surface area (Å²) in [5, 5.41) is 0. The third-order valence-electron chi connectivity index (χ3n) is 8.10. The first-order valence-corrected chi connectivity index (χ1v) is 12.6. The van der Waals surface area contributed by atoms with Crippen molar-refractivity contribution >= 4 is 0 Å². The van der Waals surface area contributed by atoms with Crippen LogP contribution in [0.1, 0.15) is 116 Å². The fraction of sp³-hybridized carbons (Fsp3) is 0.923. The predicted octanol–water partition coefficient (Wildman–Crippen LogP) is 8.09. The van der Waals surface area contributed by atoms with Crippen molar-refractivity contribution in [3.05, 3.63) is 12.2 Å². The maximum absolute atomic E-state index is 5.50. The van der Waals surface area contributed by atoms with Crippen LogP contribution in [-0.2, 0) is 4.74 Å². The molecule has 2 saturated carbocycles. The summed E-state index contributed by atoms with van der Waals surface area (Å²) in [7, 11) is 0. The largest absolute Gasteiger partial charge is 0.378 e. The van der Waals surface area contributed by atoms with Crippen LogP contribution in [0.15, 0.2) is 12.2 Å². The lowest BCUT2D eigenvalue weighted by Crippen LogP contribution is -2.26. The molecule has 3 aliphatic carbocycles. The first kappa shape index (κ1) is 21.4. The topological polar surface area (TPSA) is 9.23 Å². The minimum atomic E-state index is 0.630. The number of hydrogen-bond donors (Lipinski definition) is 0. The Balaban J connectivity index is 0.000000166. The summed E-state index contributed by atoms with van der Waals surface area (Å²) in [4.78, 5) is 0. The molecule has 5 unspecified atom stereocenters. The number of allylic oxidation sites excluding steroid dienone is 2. The lowest BCUT2D eigenvalue weighted by atomic mass is 9.80. The van der Waals surface area contributed by atoms with Crippen LogP contribution in [0.2, 0.25) is 0 Å². The highest BCUT2D eigenvalue weighted by Crippen LogP contribution is 2.36. The Morgan fingerprint density at radius 1 is 0.704 bits per heavy atom. The molecule has 0 radical (unpaired) electrons. The fourth-order valence-electron chi connectivity index (χ4n) is 6.12. The van der Waals surface area contributed by atoms with E-state index in [4.69, 9.17) is 4.74 Å². The standard InChI is InChI=1S/C15H28O.C11H18/c1-2-13-7-4-3-5-8-14(13)9-6-10-15-11-12-16-15;1-2-6-10-8-4-5-9-11(10)7-3-1/h13-15H,2-12H2,1H3;4-5,10-11H,1-3,6-9H2. The maximum atomic E-state index is 5.50. The van der Waals surface area contributed by atoms with E-state index in [0.717, 1.165) is 30.3 Å². The van der Waals surface area contributed by atoms with Gasteiger partial charge < -0.3 is 4.74 Å². The Labute approximate surface area is 169 Å². The van der Waals surface area contributed by atoms with Crippen molar-refractivity contribution < 1.29 is 4.74 Å². The summed E-state index contributed by atoms with van der Waals surface area (Å²) < 4.78 is 5.50. The first-order chi connectivity index (χ1) is 13.4. The van der Waals surface area contributed by atoms with E-state index >= 15 is 0 Å². The quantitative estimate of drug-likeness (QED) is 0.349. The summed E-state index contributed by atoms with van der Waals surface area (Å²) in [6.07, 6.45) is 30.1. The smallest absolute Gasteiger partial charge is 0.0597 e. The van der Waals surface area contributed by atoms with E-state index in [-0.39, 0.29) is 0 Å². The van der Waals surface area contributed by atoms with Gasteiger partial charge >= 0.3 is 0 Å². The molecule has 0 aromatic rings. The number of fused-ring (bicyclic) bond motifs is 1. The Morgan fingerprint density at radius 3 is 1.85 bits per heavy atom. The van der Waals surface area contributed by atoms with Gasteiger partial charge in [-0.2, -0.15) is 0 Å². The van der Waals surface area contributed by atoms with Crippen LogP contribution in [0.4, 0.5) is 0 Å². The SMILES string of the molecule is C1=CCC2CCCCCC2C1.CCC1CCCCCC1CCCC1CCO1. The molecule has 5 atom stereocenters. The maximum Gasteiger partial charge on any atom is 0.0597 e. The number of rotatable bonds is 5. The van der Waals surface area contributed by atoms with Gasteiger partial charge in [0.25, 0.3) is 0 Å². The summed E-state index contributed by atoms with van der Waals surface area (Å²) in [6, 6.07) is 0. The molecule has 0 bridgehead atoms. The molecule has 0 aromatic heterocycles. The Bertz CT molecular complexity index is 394. The molecule has 1 nitrogen and oxygen atoms in total. The van der Waals surface area contributed by atoms with Crippen molar-refractivity contribution in [2.75, 3.05) is 6.61 Å². The van der Waals surface area contributed by atoms with Crippen LogP contribution in [-0.4, -0.2) is 12.7 Å². The molecule has 4 aliphatic rings. The van der Waals surface area contributed by atoms with Crippen molar-refractivity contribution in [2.24, 2.45) is 23.7 Å². The normalized spacial score (nSPS) is 36.4. The molecule has 1 saturated heterocycles. The summed E-state index contributed by atoms with van der Waals surface area (Å²) in [6.45, 7) is 3.41. The molecular weight excluding hydrogens is 328 g/mol. The van der Waals surface area contributed by atoms with Gasteiger partial charge in [0.1, 0.15) is 0 Å². The third-order valence-corrected chi connectivity index (χ3v) is 8.10. The number of hydrogen-bond acceptors (Lipinski definition) is 1. The summed E-state index contributed by atoms with van der Waals surface area (Å²) in [5.74, 6) is 4.18. The van der Waals surface area contributed by atoms with Crippen LogP contribution in [0.5, 0.6) is 0 Å². The molecule has 0 amide bonds. The van der Waals surface area contributed by atoms with Gasteiger partial charge in [0, 0.05) is 6.61 Å². The molecule has 0 spiro atoms. The Hall–Kier alpha value is -0.300. The van der Waals surface area contributed by atoms with Crippen molar-refractivity contribution in [2.45, 2.75) is 122 Å². The monoisotopic (exact) mass is 374 g/mol. The molecule has 3 fully saturated rings. The van der Waals surface area contributed by atoms with E-state index < -0.39 is 0 Å². The van der Waals surface area contributed by atoms with Gasteiger partial charge in [0.2, 0.25) is 0 Å². The van der Waals surface area contributed by atoms with E-state index in [1.54, 1.807) is 0 Å². The summed E-state index contributed by atoms with van der Waals surface area (Å²) >= 11 is 0. The highest BCUT2D eigenvalue weighted by Gasteiger charge is 2.24. The second-order valence-corrected chi connectivity index (χ2v) is 9.88. The third kappa shape index (κ3) is 7.22. The molecule has 27 heavy (non-hydrogen) atoms. The van der Waals surface area contributed by atoms with Crippen LogP contribution in [0.3, 0.4) is 0 Å². The molecule has 4 rings (SSSR count). The lowest BCUT2D eigenvalue weighted by molar-refractivity contribution is -0.0562. The zero-order valence-corrected chi connectivity index (χ0v) is 18.2. The van der Waals surface area contributed by atoms with Crippen molar-refractivity contribution in [1.29, 1.82) is 0 Å². The summed E-state index contributed by atoms with van der Waals surface area (Å²) in [5.41, 5.74) is 0. The second-order valence-electron chi connectivity index (χ2n) is 9.88. The molecule has 156 valence electrons. The first-order valence-electron chi connectivity index (χ1n) is 12.6. The van der Waals surface area contributed by atoms with E-state index in [9.17, 15) is 0 Å². The van der Waals surface area contributed by atoms with E-state index in [1.807, 2.05) is 0 Å². The predicted molar refractivity (Wildman–Crippen MR) is 117 cm³/mol.